The van der Waals surface area contributed by atoms with Crippen LogP contribution < -0.4 is 4.74 Å². The number of nitriles is 1. The average molecular weight is 255 g/mol. The van der Waals surface area contributed by atoms with E-state index in [1.54, 1.807) is 17.8 Å². The summed E-state index contributed by atoms with van der Waals surface area (Å²) in [4.78, 5) is 0.947. The van der Waals surface area contributed by atoms with Gasteiger partial charge in [-0.2, -0.15) is 5.26 Å². The van der Waals surface area contributed by atoms with E-state index in [4.69, 9.17) is 10.00 Å². The topological polar surface area (TPSA) is 33.0 Å². The van der Waals surface area contributed by atoms with Crippen LogP contribution in [-0.4, -0.2) is 6.26 Å². The Kier molecular flexibility index (Phi) is 4.27. The summed E-state index contributed by atoms with van der Waals surface area (Å²) in [5.41, 5.74) is 1.82. The van der Waals surface area contributed by atoms with Gasteiger partial charge in [0.25, 0.3) is 0 Å². The quantitative estimate of drug-likeness (QED) is 0.778. The molecule has 2 nitrogen and oxygen atoms in total. The molecule has 0 aliphatic rings. The summed E-state index contributed by atoms with van der Waals surface area (Å²) in [7, 11) is 0. The third-order valence-corrected chi connectivity index (χ3v) is 3.32. The van der Waals surface area contributed by atoms with Gasteiger partial charge >= 0.3 is 0 Å². The Balaban J connectivity index is 2.09. The molecule has 0 saturated heterocycles. The van der Waals surface area contributed by atoms with E-state index in [0.717, 1.165) is 16.2 Å². The maximum atomic E-state index is 8.94. The number of ether oxygens (including phenoxy) is 1. The third kappa shape index (κ3) is 3.06. The summed E-state index contributed by atoms with van der Waals surface area (Å²) >= 11 is 1.55. The SMILES string of the molecule is CSc1cc(OCc2ccccc2)ccc1C#N. The molecule has 0 aliphatic carbocycles. The van der Waals surface area contributed by atoms with Crippen LogP contribution in [0.15, 0.2) is 53.4 Å². The highest BCUT2D eigenvalue weighted by Crippen LogP contribution is 2.25. The zero-order chi connectivity index (χ0) is 12.8. The fourth-order valence-corrected chi connectivity index (χ4v) is 2.16. The second kappa shape index (κ2) is 6.13. The Morgan fingerprint density at radius 1 is 1.17 bits per heavy atom. The van der Waals surface area contributed by atoms with Crippen LogP contribution in [0.25, 0.3) is 0 Å². The molecule has 0 spiro atoms. The van der Waals surface area contributed by atoms with Crippen LogP contribution in [0.4, 0.5) is 0 Å². The molecule has 0 bridgehead atoms. The van der Waals surface area contributed by atoms with E-state index in [1.807, 2.05) is 48.7 Å². The lowest BCUT2D eigenvalue weighted by Gasteiger charge is -2.08. The van der Waals surface area contributed by atoms with Gasteiger partial charge in [0.05, 0.1) is 5.56 Å². The predicted molar refractivity (Wildman–Crippen MR) is 73.7 cm³/mol. The van der Waals surface area contributed by atoms with Gasteiger partial charge in [0.2, 0.25) is 0 Å². The van der Waals surface area contributed by atoms with E-state index in [2.05, 4.69) is 6.07 Å². The van der Waals surface area contributed by atoms with Crippen molar-refractivity contribution < 1.29 is 4.74 Å². The van der Waals surface area contributed by atoms with E-state index in [1.165, 1.54) is 0 Å². The Labute approximate surface area is 111 Å². The number of nitrogens with zero attached hydrogens (tertiary/aromatic N) is 1. The molecule has 3 heteroatoms. The van der Waals surface area contributed by atoms with Crippen molar-refractivity contribution in [3.63, 3.8) is 0 Å². The molecular weight excluding hydrogens is 242 g/mol. The summed E-state index contributed by atoms with van der Waals surface area (Å²) in [5.74, 6) is 0.794. The highest BCUT2D eigenvalue weighted by molar-refractivity contribution is 7.98. The van der Waals surface area contributed by atoms with Gasteiger partial charge < -0.3 is 4.74 Å². The minimum absolute atomic E-state index is 0.542. The normalized spacial score (nSPS) is 9.78. The maximum absolute atomic E-state index is 8.94. The average Bonchev–Trinajstić information content (AvgIpc) is 2.45. The molecule has 2 aromatic rings. The molecule has 2 rings (SSSR count). The molecule has 0 saturated carbocycles. The Morgan fingerprint density at radius 2 is 1.94 bits per heavy atom. The first kappa shape index (κ1) is 12.5. The van der Waals surface area contributed by atoms with Crippen LogP contribution in [0.3, 0.4) is 0 Å². The zero-order valence-corrected chi connectivity index (χ0v) is 10.9. The second-order valence-electron chi connectivity index (χ2n) is 3.75. The van der Waals surface area contributed by atoms with E-state index < -0.39 is 0 Å². The number of hydrogen-bond acceptors (Lipinski definition) is 3. The second-order valence-corrected chi connectivity index (χ2v) is 4.60. The molecule has 18 heavy (non-hydrogen) atoms. The molecule has 0 unspecified atom stereocenters. The molecule has 0 heterocycles. The van der Waals surface area contributed by atoms with Gasteiger partial charge in [-0.1, -0.05) is 30.3 Å². The van der Waals surface area contributed by atoms with E-state index >= 15 is 0 Å². The molecule has 0 fully saturated rings. The summed E-state index contributed by atoms with van der Waals surface area (Å²) < 4.78 is 5.71. The van der Waals surface area contributed by atoms with Gasteiger partial charge in [0, 0.05) is 4.90 Å². The van der Waals surface area contributed by atoms with Crippen molar-refractivity contribution in [1.29, 1.82) is 5.26 Å². The summed E-state index contributed by atoms with van der Waals surface area (Å²) in [6.45, 7) is 0.542. The van der Waals surface area contributed by atoms with Crippen LogP contribution >= 0.6 is 11.8 Å². The van der Waals surface area contributed by atoms with E-state index in [9.17, 15) is 0 Å². The first-order chi connectivity index (χ1) is 8.83. The van der Waals surface area contributed by atoms with Crippen LogP contribution in [0.2, 0.25) is 0 Å². The molecule has 0 N–H and O–H groups in total. The van der Waals surface area contributed by atoms with Crippen molar-refractivity contribution in [2.75, 3.05) is 6.26 Å². The van der Waals surface area contributed by atoms with Crippen molar-refractivity contribution in [2.24, 2.45) is 0 Å². The molecule has 0 atom stereocenters. The van der Waals surface area contributed by atoms with Crippen LogP contribution in [0.1, 0.15) is 11.1 Å². The Hall–Kier alpha value is -1.92. The Morgan fingerprint density at radius 3 is 2.61 bits per heavy atom. The van der Waals surface area contributed by atoms with Crippen molar-refractivity contribution in [3.8, 4) is 11.8 Å². The highest BCUT2D eigenvalue weighted by atomic mass is 32.2. The molecular formula is C15H13NOS. The monoisotopic (exact) mass is 255 g/mol. The minimum atomic E-state index is 0.542. The van der Waals surface area contributed by atoms with Crippen LogP contribution in [-0.2, 0) is 6.61 Å². The highest BCUT2D eigenvalue weighted by Gasteiger charge is 2.03. The lowest BCUT2D eigenvalue weighted by molar-refractivity contribution is 0.305. The summed E-state index contributed by atoms with van der Waals surface area (Å²) in [6, 6.07) is 17.7. The smallest absolute Gasteiger partial charge is 0.121 e. The lowest BCUT2D eigenvalue weighted by Crippen LogP contribution is -1.95. The minimum Gasteiger partial charge on any atom is -0.489 e. The van der Waals surface area contributed by atoms with Crippen LogP contribution in [0.5, 0.6) is 5.75 Å². The Bertz CT molecular complexity index is 560. The number of thioether (sulfide) groups is 1. The fraction of sp³-hybridized carbons (Fsp3) is 0.133. The number of benzene rings is 2. The van der Waals surface area contributed by atoms with Crippen molar-refractivity contribution in [2.45, 2.75) is 11.5 Å². The largest absolute Gasteiger partial charge is 0.489 e. The van der Waals surface area contributed by atoms with Gasteiger partial charge in [0.1, 0.15) is 18.4 Å². The lowest BCUT2D eigenvalue weighted by atomic mass is 10.2. The molecule has 0 aromatic heterocycles. The first-order valence-corrected chi connectivity index (χ1v) is 6.81. The van der Waals surface area contributed by atoms with Gasteiger partial charge in [-0.25, -0.2) is 0 Å². The van der Waals surface area contributed by atoms with Gasteiger partial charge in [0.15, 0.2) is 0 Å². The molecule has 0 amide bonds. The van der Waals surface area contributed by atoms with Gasteiger partial charge in [-0.3, -0.25) is 0 Å². The van der Waals surface area contributed by atoms with Gasteiger partial charge in [-0.05, 0) is 30.0 Å². The van der Waals surface area contributed by atoms with Crippen molar-refractivity contribution in [1.82, 2.24) is 0 Å². The summed E-state index contributed by atoms with van der Waals surface area (Å²) in [5, 5.41) is 8.94. The number of hydrogen-bond donors (Lipinski definition) is 0. The first-order valence-electron chi connectivity index (χ1n) is 5.58. The zero-order valence-electron chi connectivity index (χ0n) is 10.1. The van der Waals surface area contributed by atoms with Gasteiger partial charge in [-0.15, -0.1) is 11.8 Å². The third-order valence-electron chi connectivity index (χ3n) is 2.54. The number of rotatable bonds is 4. The van der Waals surface area contributed by atoms with Crippen molar-refractivity contribution >= 4 is 11.8 Å². The van der Waals surface area contributed by atoms with E-state index in [-0.39, 0.29) is 0 Å². The fourth-order valence-electron chi connectivity index (χ4n) is 1.59. The van der Waals surface area contributed by atoms with E-state index in [0.29, 0.717) is 12.2 Å². The maximum Gasteiger partial charge on any atom is 0.121 e. The van der Waals surface area contributed by atoms with Crippen LogP contribution in [0, 0.1) is 11.3 Å². The molecule has 2 aromatic carbocycles. The molecule has 0 aliphatic heterocycles. The standard InChI is InChI=1S/C15H13NOS/c1-18-15-9-14(8-7-13(15)10-16)17-11-12-5-3-2-4-6-12/h2-9H,11H2,1H3. The molecule has 0 radical (unpaired) electrons. The summed E-state index contributed by atoms with van der Waals surface area (Å²) in [6.07, 6.45) is 1.96. The van der Waals surface area contributed by atoms with Crippen molar-refractivity contribution in [3.05, 3.63) is 59.7 Å². The molecule has 90 valence electrons. The predicted octanol–water partition coefficient (Wildman–Crippen LogP) is 3.86.